The standard InChI is InChI=1S/C28H24ClF3N2O6/c29-22-13-21-23(40-27(36)37)9-11-38-24(21)14-25(22)39-20-6-4-16(5-7-20)26(35)33-18-8-10-34(15-18)19-3-1-2-17(12-19)28(30,31)32/h1-7,12-14,18,23H,8-11,15H2,(H,33,35)(H,36,37). The molecule has 0 saturated carbocycles. The highest BCUT2D eigenvalue weighted by Gasteiger charge is 2.32. The zero-order chi connectivity index (χ0) is 28.4. The van der Waals surface area contributed by atoms with E-state index in [2.05, 4.69) is 5.32 Å². The average Bonchev–Trinajstić information content (AvgIpc) is 3.38. The van der Waals surface area contributed by atoms with Gasteiger partial charge in [0.1, 0.15) is 23.4 Å². The maximum atomic E-state index is 13.1. The van der Waals surface area contributed by atoms with Crippen molar-refractivity contribution in [3.63, 3.8) is 0 Å². The van der Waals surface area contributed by atoms with Gasteiger partial charge in [-0.3, -0.25) is 4.79 Å². The van der Waals surface area contributed by atoms with Crippen molar-refractivity contribution in [1.29, 1.82) is 0 Å². The fourth-order valence-electron chi connectivity index (χ4n) is 4.74. The predicted octanol–water partition coefficient (Wildman–Crippen LogP) is 6.68. The van der Waals surface area contributed by atoms with Gasteiger partial charge in [0.05, 0.1) is 17.2 Å². The summed E-state index contributed by atoms with van der Waals surface area (Å²) in [6.45, 7) is 1.19. The van der Waals surface area contributed by atoms with Crippen LogP contribution < -0.4 is 19.7 Å². The van der Waals surface area contributed by atoms with Crippen molar-refractivity contribution < 1.29 is 42.1 Å². The Labute approximate surface area is 232 Å². The van der Waals surface area contributed by atoms with Gasteiger partial charge in [-0.2, -0.15) is 13.2 Å². The summed E-state index contributed by atoms with van der Waals surface area (Å²) >= 11 is 6.37. The second-order valence-electron chi connectivity index (χ2n) is 9.41. The number of carboxylic acid groups (broad SMARTS) is 1. The van der Waals surface area contributed by atoms with Gasteiger partial charge in [0.2, 0.25) is 0 Å². The molecule has 12 heteroatoms. The molecule has 5 rings (SSSR count). The largest absolute Gasteiger partial charge is 0.506 e. The molecular weight excluding hydrogens is 553 g/mol. The van der Waals surface area contributed by atoms with Crippen molar-refractivity contribution in [3.8, 4) is 17.2 Å². The van der Waals surface area contributed by atoms with Crippen molar-refractivity contribution >= 4 is 29.4 Å². The van der Waals surface area contributed by atoms with Gasteiger partial charge in [-0.1, -0.05) is 17.7 Å². The SMILES string of the molecule is O=C(O)OC1CCOc2cc(Oc3ccc(C(=O)NC4CCN(c5cccc(C(F)(F)F)c5)C4)cc3)c(Cl)cc21. The Balaban J connectivity index is 1.20. The van der Waals surface area contributed by atoms with Gasteiger partial charge in [-0.05, 0) is 55.0 Å². The third-order valence-corrected chi connectivity index (χ3v) is 6.99. The van der Waals surface area contributed by atoms with Crippen LogP contribution in [-0.2, 0) is 10.9 Å². The summed E-state index contributed by atoms with van der Waals surface area (Å²) in [7, 11) is 0. The number of carbonyl (C=O) groups excluding carboxylic acids is 1. The van der Waals surface area contributed by atoms with Crippen LogP contribution in [0.2, 0.25) is 5.02 Å². The molecule has 0 bridgehead atoms. The number of halogens is 4. The Morgan fingerprint density at radius 2 is 1.85 bits per heavy atom. The summed E-state index contributed by atoms with van der Waals surface area (Å²) in [5.74, 6) is 0.786. The number of nitrogens with one attached hydrogen (secondary N) is 1. The highest BCUT2D eigenvalue weighted by atomic mass is 35.5. The quantitative estimate of drug-likeness (QED) is 0.316. The lowest BCUT2D eigenvalue weighted by atomic mass is 10.0. The highest BCUT2D eigenvalue weighted by molar-refractivity contribution is 6.32. The Kier molecular flexibility index (Phi) is 7.66. The lowest BCUT2D eigenvalue weighted by Crippen LogP contribution is -2.37. The summed E-state index contributed by atoms with van der Waals surface area (Å²) in [6, 6.07) is 14.4. The molecule has 2 aliphatic heterocycles. The normalized spacial score (nSPS) is 18.4. The van der Waals surface area contributed by atoms with Crippen molar-refractivity contribution in [3.05, 3.63) is 82.4 Å². The molecule has 3 aromatic rings. The van der Waals surface area contributed by atoms with Gasteiger partial charge in [0, 0.05) is 48.4 Å². The van der Waals surface area contributed by atoms with Crippen molar-refractivity contribution in [1.82, 2.24) is 5.32 Å². The predicted molar refractivity (Wildman–Crippen MR) is 139 cm³/mol. The number of carbonyl (C=O) groups is 2. The number of anilines is 1. The van der Waals surface area contributed by atoms with Gasteiger partial charge < -0.3 is 29.5 Å². The van der Waals surface area contributed by atoms with Crippen LogP contribution in [0.5, 0.6) is 17.2 Å². The number of amides is 1. The molecule has 2 heterocycles. The molecule has 8 nitrogen and oxygen atoms in total. The fraction of sp³-hybridized carbons (Fsp3) is 0.286. The van der Waals surface area contributed by atoms with E-state index in [1.165, 1.54) is 6.07 Å². The first kappa shape index (κ1) is 27.4. The maximum absolute atomic E-state index is 13.1. The first-order valence-electron chi connectivity index (χ1n) is 12.4. The number of nitrogens with zero attached hydrogens (tertiary/aromatic N) is 1. The van der Waals surface area contributed by atoms with Gasteiger partial charge in [0.15, 0.2) is 0 Å². The first-order valence-corrected chi connectivity index (χ1v) is 12.8. The number of rotatable bonds is 6. The molecule has 2 atom stereocenters. The van der Waals surface area contributed by atoms with Crippen molar-refractivity contribution in [2.75, 3.05) is 24.6 Å². The van der Waals surface area contributed by atoms with Crippen LogP contribution in [0, 0.1) is 0 Å². The molecule has 1 saturated heterocycles. The van der Waals surface area contributed by atoms with Gasteiger partial charge in [-0.25, -0.2) is 4.79 Å². The third-order valence-electron chi connectivity index (χ3n) is 6.70. The van der Waals surface area contributed by atoms with E-state index >= 15 is 0 Å². The molecule has 1 fully saturated rings. The molecule has 1 amide bonds. The van der Waals surface area contributed by atoms with E-state index in [0.717, 1.165) is 12.1 Å². The number of fused-ring (bicyclic) bond motifs is 1. The van der Waals surface area contributed by atoms with E-state index in [1.807, 2.05) is 4.90 Å². The minimum absolute atomic E-state index is 0.221. The molecule has 210 valence electrons. The molecule has 2 unspecified atom stereocenters. The molecular formula is C28H24ClF3N2O6. The fourth-order valence-corrected chi connectivity index (χ4v) is 4.95. The average molecular weight is 577 g/mol. The lowest BCUT2D eigenvalue weighted by molar-refractivity contribution is -0.137. The Morgan fingerprint density at radius 3 is 2.58 bits per heavy atom. The maximum Gasteiger partial charge on any atom is 0.506 e. The molecule has 3 aromatic carbocycles. The number of benzene rings is 3. The molecule has 0 spiro atoms. The van der Waals surface area contributed by atoms with Crippen LogP contribution in [0.3, 0.4) is 0 Å². The van der Waals surface area contributed by atoms with Gasteiger partial charge >= 0.3 is 12.3 Å². The Morgan fingerprint density at radius 1 is 1.07 bits per heavy atom. The van der Waals surface area contributed by atoms with Gasteiger partial charge in [0.25, 0.3) is 5.91 Å². The van der Waals surface area contributed by atoms with Gasteiger partial charge in [-0.15, -0.1) is 0 Å². The minimum atomic E-state index is -4.42. The second-order valence-corrected chi connectivity index (χ2v) is 9.82. The van der Waals surface area contributed by atoms with E-state index in [4.69, 9.17) is 30.9 Å². The summed E-state index contributed by atoms with van der Waals surface area (Å²) in [5.41, 5.74) is 0.652. The summed E-state index contributed by atoms with van der Waals surface area (Å²) in [5, 5.41) is 12.1. The van der Waals surface area contributed by atoms with E-state index in [1.54, 1.807) is 42.5 Å². The van der Waals surface area contributed by atoms with Crippen LogP contribution >= 0.6 is 11.6 Å². The summed E-state index contributed by atoms with van der Waals surface area (Å²) in [4.78, 5) is 25.6. The first-order chi connectivity index (χ1) is 19.1. The Hall–Kier alpha value is -4.12. The van der Waals surface area contributed by atoms with Crippen LogP contribution in [0.25, 0.3) is 0 Å². The van der Waals surface area contributed by atoms with Crippen LogP contribution in [0.1, 0.15) is 40.4 Å². The molecule has 0 aromatic heterocycles. The van der Waals surface area contributed by atoms with E-state index in [9.17, 15) is 22.8 Å². The number of hydrogen-bond donors (Lipinski definition) is 2. The topological polar surface area (TPSA) is 97.3 Å². The number of ether oxygens (including phenoxy) is 3. The summed E-state index contributed by atoms with van der Waals surface area (Å²) in [6.07, 6.45) is -5.54. The minimum Gasteiger partial charge on any atom is -0.493 e. The van der Waals surface area contributed by atoms with E-state index in [-0.39, 0.29) is 29.3 Å². The molecule has 40 heavy (non-hydrogen) atoms. The monoisotopic (exact) mass is 576 g/mol. The lowest BCUT2D eigenvalue weighted by Gasteiger charge is -2.25. The highest BCUT2D eigenvalue weighted by Crippen LogP contribution is 2.42. The van der Waals surface area contributed by atoms with Crippen molar-refractivity contribution in [2.45, 2.75) is 31.2 Å². The van der Waals surface area contributed by atoms with Crippen LogP contribution in [0.15, 0.2) is 60.7 Å². The van der Waals surface area contributed by atoms with Crippen LogP contribution in [-0.4, -0.2) is 42.9 Å². The number of hydrogen-bond acceptors (Lipinski definition) is 6. The Bertz CT molecular complexity index is 1420. The molecule has 2 N–H and O–H groups in total. The van der Waals surface area contributed by atoms with Crippen molar-refractivity contribution in [2.24, 2.45) is 0 Å². The van der Waals surface area contributed by atoms with Crippen LogP contribution in [0.4, 0.5) is 23.7 Å². The molecule has 0 aliphatic carbocycles. The zero-order valence-electron chi connectivity index (χ0n) is 20.9. The van der Waals surface area contributed by atoms with E-state index in [0.29, 0.717) is 54.2 Å². The second kappa shape index (κ2) is 11.2. The third kappa shape index (κ3) is 6.20. The number of alkyl halides is 3. The molecule has 0 radical (unpaired) electrons. The van der Waals surface area contributed by atoms with E-state index < -0.39 is 24.0 Å². The smallest absolute Gasteiger partial charge is 0.493 e. The summed E-state index contributed by atoms with van der Waals surface area (Å²) < 4.78 is 55.6. The molecule has 2 aliphatic rings. The zero-order valence-corrected chi connectivity index (χ0v) is 21.7.